The van der Waals surface area contributed by atoms with Crippen LogP contribution in [-0.4, -0.2) is 32.1 Å². The molecule has 0 radical (unpaired) electrons. The van der Waals surface area contributed by atoms with Gasteiger partial charge in [-0.25, -0.2) is 17.1 Å². The maximum Gasteiger partial charge on any atom is 0.211 e. The lowest BCUT2D eigenvalue weighted by atomic mass is 9.89. The maximum absolute atomic E-state index is 13.9. The van der Waals surface area contributed by atoms with E-state index in [-0.39, 0.29) is 11.7 Å². The van der Waals surface area contributed by atoms with Crippen molar-refractivity contribution >= 4 is 10.0 Å². The van der Waals surface area contributed by atoms with Crippen LogP contribution in [0.15, 0.2) is 18.2 Å². The van der Waals surface area contributed by atoms with Crippen LogP contribution in [0.5, 0.6) is 0 Å². The summed E-state index contributed by atoms with van der Waals surface area (Å²) >= 11 is 0. The zero-order chi connectivity index (χ0) is 15.6. The summed E-state index contributed by atoms with van der Waals surface area (Å²) in [6, 6.07) is 4.67. The third-order valence-electron chi connectivity index (χ3n) is 4.09. The predicted octanol–water partition coefficient (Wildman–Crippen LogP) is 2.20. The Balaban J connectivity index is 2.03. The monoisotopic (exact) mass is 314 g/mol. The lowest BCUT2D eigenvalue weighted by molar-refractivity contribution is 0.246. The fraction of sp³-hybridized carbons (Fsp3) is 0.600. The molecule has 0 bridgehead atoms. The number of sulfonamides is 1. The molecule has 1 aromatic rings. The van der Waals surface area contributed by atoms with Crippen LogP contribution in [0.3, 0.4) is 0 Å². The summed E-state index contributed by atoms with van der Waals surface area (Å²) in [7, 11) is -3.15. The van der Waals surface area contributed by atoms with Crippen LogP contribution < -0.4 is 5.73 Å². The highest BCUT2D eigenvalue weighted by atomic mass is 32.2. The Morgan fingerprint density at radius 2 is 2.19 bits per heavy atom. The van der Waals surface area contributed by atoms with E-state index in [0.717, 1.165) is 18.4 Å². The van der Waals surface area contributed by atoms with E-state index in [1.807, 2.05) is 13.0 Å². The zero-order valence-electron chi connectivity index (χ0n) is 12.5. The van der Waals surface area contributed by atoms with Gasteiger partial charge in [0.2, 0.25) is 10.0 Å². The third-order valence-corrected chi connectivity index (χ3v) is 5.36. The van der Waals surface area contributed by atoms with E-state index in [1.54, 1.807) is 6.07 Å². The SMILES string of the molecule is Cc1ccc(C(N)CC2CCCN(S(C)(=O)=O)C2)c(F)c1. The van der Waals surface area contributed by atoms with E-state index in [9.17, 15) is 12.8 Å². The van der Waals surface area contributed by atoms with E-state index >= 15 is 0 Å². The van der Waals surface area contributed by atoms with Crippen LogP contribution >= 0.6 is 0 Å². The van der Waals surface area contributed by atoms with Crippen LogP contribution in [0.4, 0.5) is 4.39 Å². The van der Waals surface area contributed by atoms with Gasteiger partial charge in [-0.1, -0.05) is 12.1 Å². The number of hydrogen-bond acceptors (Lipinski definition) is 3. The minimum Gasteiger partial charge on any atom is -0.324 e. The molecule has 2 rings (SSSR count). The molecule has 1 aromatic carbocycles. The Morgan fingerprint density at radius 1 is 1.48 bits per heavy atom. The largest absolute Gasteiger partial charge is 0.324 e. The van der Waals surface area contributed by atoms with Crippen LogP contribution in [0, 0.1) is 18.7 Å². The van der Waals surface area contributed by atoms with E-state index in [4.69, 9.17) is 5.73 Å². The standard InChI is InChI=1S/C15H23FN2O2S/c1-11-5-6-13(14(16)8-11)15(17)9-12-4-3-7-18(10-12)21(2,19)20/h5-6,8,12,15H,3-4,7,9-10,17H2,1-2H3. The topological polar surface area (TPSA) is 63.4 Å². The molecule has 1 heterocycles. The van der Waals surface area contributed by atoms with Crippen molar-refractivity contribution in [3.63, 3.8) is 0 Å². The Bertz CT molecular complexity index is 604. The summed E-state index contributed by atoms with van der Waals surface area (Å²) in [5.74, 6) is -0.0949. The van der Waals surface area contributed by atoms with Gasteiger partial charge in [-0.3, -0.25) is 0 Å². The Labute approximate surface area is 126 Å². The number of aryl methyl sites for hydroxylation is 1. The molecule has 1 fully saturated rings. The first-order chi connectivity index (χ1) is 9.77. The maximum atomic E-state index is 13.9. The van der Waals surface area contributed by atoms with Gasteiger partial charge in [0.15, 0.2) is 0 Å². The van der Waals surface area contributed by atoms with Gasteiger partial charge in [0.05, 0.1) is 6.26 Å². The highest BCUT2D eigenvalue weighted by Gasteiger charge is 2.27. The van der Waals surface area contributed by atoms with Crippen LogP contribution in [0.2, 0.25) is 0 Å². The molecule has 0 aliphatic carbocycles. The highest BCUT2D eigenvalue weighted by Crippen LogP contribution is 2.28. The molecule has 2 atom stereocenters. The number of piperidine rings is 1. The first-order valence-electron chi connectivity index (χ1n) is 7.24. The molecular weight excluding hydrogens is 291 g/mol. The summed E-state index contributed by atoms with van der Waals surface area (Å²) in [5.41, 5.74) is 7.50. The smallest absolute Gasteiger partial charge is 0.211 e. The molecule has 2 unspecified atom stereocenters. The molecule has 0 aromatic heterocycles. The Hall–Kier alpha value is -0.980. The van der Waals surface area contributed by atoms with Gasteiger partial charge in [0, 0.05) is 24.7 Å². The molecule has 0 spiro atoms. The lowest BCUT2D eigenvalue weighted by Crippen LogP contribution is -2.40. The van der Waals surface area contributed by atoms with Crippen molar-refractivity contribution in [1.82, 2.24) is 4.31 Å². The molecular formula is C15H23FN2O2S. The number of hydrogen-bond donors (Lipinski definition) is 1. The van der Waals surface area contributed by atoms with E-state index in [1.165, 1.54) is 16.6 Å². The van der Waals surface area contributed by atoms with Gasteiger partial charge in [-0.2, -0.15) is 0 Å². The lowest BCUT2D eigenvalue weighted by Gasteiger charge is -2.32. The molecule has 21 heavy (non-hydrogen) atoms. The molecule has 1 aliphatic heterocycles. The highest BCUT2D eigenvalue weighted by molar-refractivity contribution is 7.88. The quantitative estimate of drug-likeness (QED) is 0.926. The molecule has 2 N–H and O–H groups in total. The summed E-state index contributed by atoms with van der Waals surface area (Å²) in [4.78, 5) is 0. The minimum atomic E-state index is -3.15. The molecule has 0 saturated carbocycles. The fourth-order valence-corrected chi connectivity index (χ4v) is 3.88. The third kappa shape index (κ3) is 4.25. The normalized spacial score (nSPS) is 22.2. The first kappa shape index (κ1) is 16.4. The zero-order valence-corrected chi connectivity index (χ0v) is 13.4. The summed E-state index contributed by atoms with van der Waals surface area (Å²) in [6.45, 7) is 2.90. The van der Waals surface area contributed by atoms with Crippen molar-refractivity contribution in [2.75, 3.05) is 19.3 Å². The van der Waals surface area contributed by atoms with E-state index in [0.29, 0.717) is 25.1 Å². The van der Waals surface area contributed by atoms with Crippen molar-refractivity contribution in [1.29, 1.82) is 0 Å². The number of rotatable bonds is 4. The Morgan fingerprint density at radius 3 is 2.81 bits per heavy atom. The number of nitrogens with zero attached hydrogens (tertiary/aromatic N) is 1. The van der Waals surface area contributed by atoms with Crippen molar-refractivity contribution < 1.29 is 12.8 Å². The molecule has 0 amide bonds. The number of halogens is 1. The molecule has 1 saturated heterocycles. The van der Waals surface area contributed by atoms with Crippen LogP contribution in [0.1, 0.15) is 36.4 Å². The number of benzene rings is 1. The van der Waals surface area contributed by atoms with Gasteiger partial charge >= 0.3 is 0 Å². The summed E-state index contributed by atoms with van der Waals surface area (Å²) in [5, 5.41) is 0. The van der Waals surface area contributed by atoms with Crippen molar-refractivity contribution in [2.45, 2.75) is 32.2 Å². The predicted molar refractivity (Wildman–Crippen MR) is 81.8 cm³/mol. The van der Waals surface area contributed by atoms with Gasteiger partial charge in [-0.15, -0.1) is 0 Å². The van der Waals surface area contributed by atoms with E-state index < -0.39 is 16.1 Å². The van der Waals surface area contributed by atoms with Crippen molar-refractivity contribution in [3.05, 3.63) is 35.1 Å². The molecule has 4 nitrogen and oxygen atoms in total. The fourth-order valence-electron chi connectivity index (χ4n) is 2.94. The second kappa shape index (κ2) is 6.42. The van der Waals surface area contributed by atoms with Crippen molar-refractivity contribution in [2.24, 2.45) is 11.7 Å². The van der Waals surface area contributed by atoms with Crippen LogP contribution in [0.25, 0.3) is 0 Å². The van der Waals surface area contributed by atoms with E-state index in [2.05, 4.69) is 0 Å². The average molecular weight is 314 g/mol. The second-order valence-corrected chi connectivity index (χ2v) is 7.98. The van der Waals surface area contributed by atoms with Crippen molar-refractivity contribution in [3.8, 4) is 0 Å². The molecule has 118 valence electrons. The summed E-state index contributed by atoms with van der Waals surface area (Å²) < 4.78 is 38.7. The second-order valence-electron chi connectivity index (χ2n) is 6.00. The van der Waals surface area contributed by atoms with Crippen LogP contribution in [-0.2, 0) is 10.0 Å². The molecule has 6 heteroatoms. The number of nitrogens with two attached hydrogens (primary N) is 1. The minimum absolute atomic E-state index is 0.184. The first-order valence-corrected chi connectivity index (χ1v) is 9.09. The molecule has 1 aliphatic rings. The van der Waals surface area contributed by atoms with Gasteiger partial charge < -0.3 is 5.73 Å². The summed E-state index contributed by atoms with van der Waals surface area (Å²) in [6.07, 6.45) is 3.61. The van der Waals surface area contributed by atoms with Gasteiger partial charge in [0.1, 0.15) is 5.82 Å². The average Bonchev–Trinajstić information content (AvgIpc) is 2.37. The van der Waals surface area contributed by atoms with Gasteiger partial charge in [0.25, 0.3) is 0 Å². The van der Waals surface area contributed by atoms with Gasteiger partial charge in [-0.05, 0) is 43.7 Å². The Kier molecular flexibility index (Phi) is 5.01.